The molecular weight excluding hydrogens is 319 g/mol. The van der Waals surface area contributed by atoms with Crippen LogP contribution in [0.4, 0.5) is 0 Å². The quantitative estimate of drug-likeness (QED) is 0.532. The van der Waals surface area contributed by atoms with Gasteiger partial charge >= 0.3 is 29.6 Å². The third-order valence-electron chi connectivity index (χ3n) is 4.17. The summed E-state index contributed by atoms with van der Waals surface area (Å²) in [5, 5.41) is 0. The summed E-state index contributed by atoms with van der Waals surface area (Å²) in [7, 11) is -4.35. The van der Waals surface area contributed by atoms with E-state index in [4.69, 9.17) is 0 Å². The fourth-order valence-electron chi connectivity index (χ4n) is 3.39. The fraction of sp³-hybridized carbons (Fsp3) is 0.667. The maximum Gasteiger partial charge on any atom is 1.00 e. The zero-order valence-electron chi connectivity index (χ0n) is 15.4. The Morgan fingerprint density at radius 1 is 0.870 bits per heavy atom. The molecule has 0 fully saturated rings. The molecule has 3 unspecified atom stereocenters. The summed E-state index contributed by atoms with van der Waals surface area (Å²) < 4.78 is 32.8. The molecule has 5 heteroatoms. The van der Waals surface area contributed by atoms with E-state index in [0.717, 1.165) is 23.8 Å². The van der Waals surface area contributed by atoms with Gasteiger partial charge in [0.15, 0.2) is 0 Å². The van der Waals surface area contributed by atoms with E-state index in [1.54, 1.807) is 12.1 Å². The summed E-state index contributed by atoms with van der Waals surface area (Å²) in [5.41, 5.74) is 1.09. The molecule has 126 valence electrons. The molecule has 3 nitrogen and oxygen atoms in total. The first kappa shape index (κ1) is 23.1. The Balaban J connectivity index is 0.00000484. The first-order chi connectivity index (χ1) is 10.1. The summed E-state index contributed by atoms with van der Waals surface area (Å²) in [4.78, 5) is -0.151. The van der Waals surface area contributed by atoms with Crippen molar-refractivity contribution < 1.29 is 42.5 Å². The minimum Gasteiger partial charge on any atom is -0.744 e. The number of benzene rings is 1. The van der Waals surface area contributed by atoms with Gasteiger partial charge in [-0.05, 0) is 60.6 Å². The topological polar surface area (TPSA) is 57.2 Å². The van der Waals surface area contributed by atoms with Crippen LogP contribution in [0.25, 0.3) is 0 Å². The van der Waals surface area contributed by atoms with Gasteiger partial charge in [-0.1, -0.05) is 46.8 Å². The van der Waals surface area contributed by atoms with Crippen LogP contribution < -0.4 is 29.6 Å². The zero-order chi connectivity index (χ0) is 16.9. The van der Waals surface area contributed by atoms with Gasteiger partial charge < -0.3 is 4.55 Å². The third-order valence-corrected chi connectivity index (χ3v) is 5.02. The van der Waals surface area contributed by atoms with Crippen LogP contribution in [0, 0.1) is 17.8 Å². The van der Waals surface area contributed by atoms with Gasteiger partial charge in [0.2, 0.25) is 0 Å². The Kier molecular flexibility index (Phi) is 10.3. The summed E-state index contributed by atoms with van der Waals surface area (Å²) in [6.45, 7) is 11.3. The van der Waals surface area contributed by atoms with E-state index in [1.165, 1.54) is 25.0 Å². The molecule has 0 saturated carbocycles. The van der Waals surface area contributed by atoms with Gasteiger partial charge in [-0.2, -0.15) is 0 Å². The van der Waals surface area contributed by atoms with Crippen LogP contribution >= 0.6 is 0 Å². The van der Waals surface area contributed by atoms with E-state index < -0.39 is 10.1 Å². The summed E-state index contributed by atoms with van der Waals surface area (Å²) in [6.07, 6.45) is 3.55. The molecule has 0 radical (unpaired) electrons. The van der Waals surface area contributed by atoms with E-state index in [0.29, 0.717) is 11.8 Å². The molecule has 1 rings (SSSR count). The maximum atomic E-state index is 10.9. The summed E-state index contributed by atoms with van der Waals surface area (Å²) in [5.74, 6) is 2.47. The predicted molar refractivity (Wildman–Crippen MR) is 89.8 cm³/mol. The van der Waals surface area contributed by atoms with Crippen molar-refractivity contribution in [1.29, 1.82) is 0 Å². The van der Waals surface area contributed by atoms with E-state index in [-0.39, 0.29) is 34.5 Å². The Hall–Kier alpha value is 0.130. The van der Waals surface area contributed by atoms with Crippen LogP contribution in [0.5, 0.6) is 0 Å². The largest absolute Gasteiger partial charge is 1.00 e. The molecule has 0 spiro atoms. The maximum absolute atomic E-state index is 10.9. The van der Waals surface area contributed by atoms with Crippen molar-refractivity contribution in [3.63, 3.8) is 0 Å². The van der Waals surface area contributed by atoms with E-state index >= 15 is 0 Å². The normalized spacial score (nSPS) is 15.8. The Bertz CT molecular complexity index is 552. The average Bonchev–Trinajstić information content (AvgIpc) is 2.36. The van der Waals surface area contributed by atoms with Gasteiger partial charge in [0, 0.05) is 0 Å². The molecule has 1 aromatic carbocycles. The van der Waals surface area contributed by atoms with Crippen molar-refractivity contribution in [2.24, 2.45) is 17.8 Å². The number of hydrogen-bond donors (Lipinski definition) is 0. The SMILES string of the molecule is CC(C)CC(C)CC(C)CC(C)c1ccc(S(=O)(=O)[O-])cc1.[Na+]. The first-order valence-corrected chi connectivity index (χ1v) is 9.56. The van der Waals surface area contributed by atoms with E-state index in [2.05, 4.69) is 34.6 Å². The predicted octanol–water partition coefficient (Wildman–Crippen LogP) is 1.80. The molecule has 0 aliphatic rings. The van der Waals surface area contributed by atoms with Crippen LogP contribution in [0.15, 0.2) is 29.2 Å². The molecule has 0 saturated heterocycles. The molecule has 3 atom stereocenters. The molecule has 0 heterocycles. The van der Waals surface area contributed by atoms with Gasteiger partial charge in [0.1, 0.15) is 10.1 Å². The molecular formula is C18H29NaO3S. The van der Waals surface area contributed by atoms with Crippen LogP contribution in [0.3, 0.4) is 0 Å². The average molecular weight is 348 g/mol. The molecule has 0 aliphatic heterocycles. The van der Waals surface area contributed by atoms with Crippen molar-refractivity contribution in [2.45, 2.75) is 64.7 Å². The van der Waals surface area contributed by atoms with Crippen LogP contribution in [-0.4, -0.2) is 13.0 Å². The molecule has 0 aromatic heterocycles. The smallest absolute Gasteiger partial charge is 0.744 e. The number of hydrogen-bond acceptors (Lipinski definition) is 3. The van der Waals surface area contributed by atoms with Gasteiger partial charge in [-0.25, -0.2) is 8.42 Å². The minimum atomic E-state index is -4.35. The molecule has 0 N–H and O–H groups in total. The molecule has 0 amide bonds. The summed E-state index contributed by atoms with van der Waals surface area (Å²) >= 11 is 0. The second-order valence-electron chi connectivity index (χ2n) is 7.24. The molecule has 23 heavy (non-hydrogen) atoms. The summed E-state index contributed by atoms with van der Waals surface area (Å²) in [6, 6.07) is 6.36. The fourth-order valence-corrected chi connectivity index (χ4v) is 3.86. The second kappa shape index (κ2) is 10.2. The van der Waals surface area contributed by atoms with Crippen LogP contribution in [0.2, 0.25) is 0 Å². The van der Waals surface area contributed by atoms with Crippen molar-refractivity contribution in [1.82, 2.24) is 0 Å². The zero-order valence-corrected chi connectivity index (χ0v) is 18.2. The van der Waals surface area contributed by atoms with Crippen LogP contribution in [-0.2, 0) is 10.1 Å². The Morgan fingerprint density at radius 3 is 1.78 bits per heavy atom. The van der Waals surface area contributed by atoms with Crippen LogP contribution in [0.1, 0.15) is 65.4 Å². The van der Waals surface area contributed by atoms with Crippen molar-refractivity contribution in [3.05, 3.63) is 29.8 Å². The minimum absolute atomic E-state index is 0. The standard InChI is InChI=1S/C18H30O3S.Na/c1-13(2)10-14(3)11-15(4)12-16(5)17-6-8-18(9-7-17)22(19,20)21;/h6-9,13-16H,10-12H2,1-5H3,(H,19,20,21);/q;+1/p-1. The van der Waals surface area contributed by atoms with Crippen molar-refractivity contribution in [3.8, 4) is 0 Å². The Morgan fingerprint density at radius 2 is 1.35 bits per heavy atom. The molecule has 0 bridgehead atoms. The molecule has 0 aliphatic carbocycles. The third kappa shape index (κ3) is 8.69. The van der Waals surface area contributed by atoms with Gasteiger partial charge in [0.25, 0.3) is 0 Å². The van der Waals surface area contributed by atoms with Crippen molar-refractivity contribution >= 4 is 10.1 Å². The van der Waals surface area contributed by atoms with E-state index in [9.17, 15) is 13.0 Å². The molecule has 1 aromatic rings. The second-order valence-corrected chi connectivity index (χ2v) is 8.62. The van der Waals surface area contributed by atoms with Crippen molar-refractivity contribution in [2.75, 3.05) is 0 Å². The number of rotatable bonds is 8. The first-order valence-electron chi connectivity index (χ1n) is 8.15. The van der Waals surface area contributed by atoms with Gasteiger partial charge in [-0.3, -0.25) is 0 Å². The van der Waals surface area contributed by atoms with Gasteiger partial charge in [-0.15, -0.1) is 0 Å². The van der Waals surface area contributed by atoms with E-state index in [1.807, 2.05) is 0 Å². The van der Waals surface area contributed by atoms with Gasteiger partial charge in [0.05, 0.1) is 4.90 Å². The monoisotopic (exact) mass is 348 g/mol. The Labute approximate surface area is 164 Å².